The van der Waals surface area contributed by atoms with Crippen molar-refractivity contribution in [3.05, 3.63) is 0 Å². The number of alkyl halides is 3. The van der Waals surface area contributed by atoms with Crippen LogP contribution >= 0.6 is 0 Å². The quantitative estimate of drug-likeness (QED) is 0.642. The third kappa shape index (κ3) is 1.85. The van der Waals surface area contributed by atoms with Gasteiger partial charge in [0, 0.05) is 13.1 Å². The van der Waals surface area contributed by atoms with Crippen molar-refractivity contribution in [1.82, 2.24) is 5.32 Å². The van der Waals surface area contributed by atoms with Crippen LogP contribution < -0.4 is 5.32 Å². The summed E-state index contributed by atoms with van der Waals surface area (Å²) in [6.45, 7) is -3.16. The number of halogens is 3. The van der Waals surface area contributed by atoms with E-state index in [0.29, 0.717) is 0 Å². The molecule has 1 rings (SSSR count). The van der Waals surface area contributed by atoms with Gasteiger partial charge in [0.25, 0.3) is 0 Å². The minimum absolute atomic E-state index is 0.111. The van der Waals surface area contributed by atoms with Crippen molar-refractivity contribution < 1.29 is 17.9 Å². The van der Waals surface area contributed by atoms with Gasteiger partial charge in [0.1, 0.15) is 0 Å². The van der Waals surface area contributed by atoms with Gasteiger partial charge in [-0.3, -0.25) is 0 Å². The lowest BCUT2D eigenvalue weighted by molar-refractivity contribution is -0.162. The van der Waals surface area contributed by atoms with Crippen LogP contribution in [0, 0.1) is 0 Å². The fourth-order valence-corrected chi connectivity index (χ4v) is 0.711. The van der Waals surface area contributed by atoms with Crippen LogP contribution in [0.25, 0.3) is 0 Å². The molecule has 0 atom stereocenters. The van der Waals surface area contributed by atoms with Crippen LogP contribution in [0.3, 0.4) is 0 Å². The molecular formula is C5H8F3NO. The molecule has 0 unspecified atom stereocenters. The van der Waals surface area contributed by atoms with Gasteiger partial charge in [-0.25, -0.2) is 4.39 Å². The Morgan fingerprint density at radius 2 is 2.10 bits per heavy atom. The van der Waals surface area contributed by atoms with Crippen molar-refractivity contribution in [2.24, 2.45) is 0 Å². The van der Waals surface area contributed by atoms with Crippen molar-refractivity contribution in [3.8, 4) is 0 Å². The Balaban J connectivity index is 2.12. The molecule has 60 valence electrons. The fourth-order valence-electron chi connectivity index (χ4n) is 0.711. The topological polar surface area (TPSA) is 21.3 Å². The van der Waals surface area contributed by atoms with Crippen molar-refractivity contribution in [2.45, 2.75) is 12.3 Å². The second-order valence-corrected chi connectivity index (χ2v) is 2.33. The lowest BCUT2D eigenvalue weighted by atomic mass is 10.0. The molecule has 1 heterocycles. The highest BCUT2D eigenvalue weighted by Gasteiger charge is 2.37. The van der Waals surface area contributed by atoms with Crippen LogP contribution in [0.1, 0.15) is 0 Å². The molecule has 0 spiro atoms. The first-order chi connectivity index (χ1) is 4.62. The third-order valence-electron chi connectivity index (χ3n) is 1.35. The summed E-state index contributed by atoms with van der Waals surface area (Å²) in [4.78, 5) is 0. The minimum atomic E-state index is -2.87. The second kappa shape index (κ2) is 2.75. The Kier molecular flexibility index (Phi) is 2.15. The molecule has 0 saturated carbocycles. The molecule has 1 fully saturated rings. The molecule has 0 aromatic heterocycles. The Morgan fingerprint density at radius 1 is 1.50 bits per heavy atom. The highest BCUT2D eigenvalue weighted by molar-refractivity contribution is 4.92. The smallest absolute Gasteiger partial charge is 0.319 e. The van der Waals surface area contributed by atoms with Gasteiger partial charge < -0.3 is 10.1 Å². The molecule has 0 radical (unpaired) electrons. The average molecular weight is 155 g/mol. The summed E-state index contributed by atoms with van der Waals surface area (Å²) in [5, 5.41) is 2.63. The van der Waals surface area contributed by atoms with Crippen LogP contribution in [-0.4, -0.2) is 32.0 Å². The summed E-state index contributed by atoms with van der Waals surface area (Å²) in [7, 11) is 0. The van der Waals surface area contributed by atoms with Gasteiger partial charge in [0.2, 0.25) is 0 Å². The van der Waals surface area contributed by atoms with Crippen molar-refractivity contribution >= 4 is 0 Å². The summed E-state index contributed by atoms with van der Waals surface area (Å²) < 4.78 is 39.2. The number of hydrogen-bond acceptors (Lipinski definition) is 2. The lowest BCUT2D eigenvalue weighted by Crippen LogP contribution is -2.59. The predicted octanol–water partition coefficient (Wildman–Crippen LogP) is 0.537. The monoisotopic (exact) mass is 155 g/mol. The van der Waals surface area contributed by atoms with E-state index >= 15 is 0 Å². The molecular weight excluding hydrogens is 147 g/mol. The third-order valence-corrected chi connectivity index (χ3v) is 1.35. The van der Waals surface area contributed by atoms with Crippen molar-refractivity contribution in [2.75, 3.05) is 19.7 Å². The van der Waals surface area contributed by atoms with E-state index in [0.717, 1.165) is 0 Å². The highest BCUT2D eigenvalue weighted by atomic mass is 19.3. The molecule has 5 heteroatoms. The molecule has 0 amide bonds. The Bertz CT molecular complexity index is 115. The molecule has 0 aromatic rings. The van der Waals surface area contributed by atoms with E-state index in [1.165, 1.54) is 0 Å². The largest absolute Gasteiger partial charge is 0.345 e. The van der Waals surface area contributed by atoms with E-state index in [1.807, 2.05) is 0 Å². The summed E-state index contributed by atoms with van der Waals surface area (Å²) in [5.74, 6) is 0. The van der Waals surface area contributed by atoms with Crippen molar-refractivity contribution in [3.63, 3.8) is 0 Å². The molecule has 0 aromatic carbocycles. The molecule has 0 bridgehead atoms. The lowest BCUT2D eigenvalue weighted by Gasteiger charge is -2.34. The first-order valence-corrected chi connectivity index (χ1v) is 2.92. The van der Waals surface area contributed by atoms with E-state index in [1.54, 1.807) is 0 Å². The fraction of sp³-hybridized carbons (Fsp3) is 1.00. The Morgan fingerprint density at radius 3 is 2.40 bits per heavy atom. The summed E-state index contributed by atoms with van der Waals surface area (Å²) >= 11 is 0. The zero-order valence-electron chi connectivity index (χ0n) is 5.24. The average Bonchev–Trinajstić information content (AvgIpc) is 1.79. The maximum absolute atomic E-state index is 12.7. The standard InChI is InChI=1S/C5H8F3NO/c6-4(7)10-3-5(8)1-9-2-5/h4,9H,1-3H2. The number of hydrogen-bond donors (Lipinski definition) is 1. The van der Waals surface area contributed by atoms with Crippen LogP contribution in [-0.2, 0) is 4.74 Å². The molecule has 1 N–H and O–H groups in total. The Labute approximate surface area is 56.4 Å². The summed E-state index contributed by atoms with van der Waals surface area (Å²) in [6, 6.07) is 0. The molecule has 1 aliphatic heterocycles. The van der Waals surface area contributed by atoms with E-state index in [-0.39, 0.29) is 13.1 Å². The van der Waals surface area contributed by atoms with E-state index < -0.39 is 18.9 Å². The Hall–Kier alpha value is -0.290. The molecule has 1 aliphatic rings. The maximum Gasteiger partial charge on any atom is 0.345 e. The normalized spacial score (nSPS) is 22.8. The number of nitrogens with one attached hydrogen (secondary N) is 1. The number of ether oxygens (including phenoxy) is 1. The summed E-state index contributed by atoms with van der Waals surface area (Å²) in [6.07, 6.45) is 0. The van der Waals surface area contributed by atoms with E-state index in [4.69, 9.17) is 0 Å². The van der Waals surface area contributed by atoms with Crippen molar-refractivity contribution in [1.29, 1.82) is 0 Å². The zero-order chi connectivity index (χ0) is 7.61. The van der Waals surface area contributed by atoms with E-state index in [9.17, 15) is 13.2 Å². The van der Waals surface area contributed by atoms with Gasteiger partial charge >= 0.3 is 6.61 Å². The first kappa shape index (κ1) is 7.81. The van der Waals surface area contributed by atoms with Crippen LogP contribution in [0.15, 0.2) is 0 Å². The molecule has 1 saturated heterocycles. The van der Waals surface area contributed by atoms with Crippen LogP contribution in [0.4, 0.5) is 13.2 Å². The second-order valence-electron chi connectivity index (χ2n) is 2.33. The zero-order valence-corrected chi connectivity index (χ0v) is 5.24. The molecule has 0 aliphatic carbocycles. The van der Waals surface area contributed by atoms with Gasteiger partial charge in [-0.2, -0.15) is 8.78 Å². The van der Waals surface area contributed by atoms with Gasteiger partial charge in [-0.05, 0) is 0 Å². The number of rotatable bonds is 3. The van der Waals surface area contributed by atoms with Gasteiger partial charge in [0.15, 0.2) is 5.67 Å². The summed E-state index contributed by atoms with van der Waals surface area (Å²) in [5.41, 5.74) is -1.56. The van der Waals surface area contributed by atoms with E-state index in [2.05, 4.69) is 10.1 Å². The minimum Gasteiger partial charge on any atom is -0.319 e. The SMILES string of the molecule is FC(F)OCC1(F)CNC1. The first-order valence-electron chi connectivity index (χ1n) is 2.92. The maximum atomic E-state index is 12.7. The molecule has 10 heavy (non-hydrogen) atoms. The highest BCUT2D eigenvalue weighted by Crippen LogP contribution is 2.17. The van der Waals surface area contributed by atoms with Gasteiger partial charge in [-0.15, -0.1) is 0 Å². The van der Waals surface area contributed by atoms with Crippen LogP contribution in [0.5, 0.6) is 0 Å². The predicted molar refractivity (Wildman–Crippen MR) is 28.7 cm³/mol. The van der Waals surface area contributed by atoms with Gasteiger partial charge in [-0.1, -0.05) is 0 Å². The van der Waals surface area contributed by atoms with Gasteiger partial charge in [0.05, 0.1) is 6.61 Å². The van der Waals surface area contributed by atoms with Crippen LogP contribution in [0.2, 0.25) is 0 Å². The molecule has 2 nitrogen and oxygen atoms in total.